The van der Waals surface area contributed by atoms with E-state index in [0.29, 0.717) is 11.8 Å². The lowest BCUT2D eigenvalue weighted by Gasteiger charge is -2.35. The van der Waals surface area contributed by atoms with Gasteiger partial charge in [0.15, 0.2) is 5.58 Å². The van der Waals surface area contributed by atoms with E-state index >= 15 is 0 Å². The van der Waals surface area contributed by atoms with Gasteiger partial charge in [0, 0.05) is 32.2 Å². The number of oxazole rings is 1. The van der Waals surface area contributed by atoms with Gasteiger partial charge < -0.3 is 19.0 Å². The molecule has 24 heavy (non-hydrogen) atoms. The number of methoxy groups -OCH3 is 1. The Morgan fingerprint density at radius 1 is 1.04 bits per heavy atom. The average Bonchev–Trinajstić information content (AvgIpc) is 3.06. The van der Waals surface area contributed by atoms with Crippen LogP contribution in [0.1, 0.15) is 0 Å². The minimum atomic E-state index is -0.291. The smallest absolute Gasteiger partial charge is 0.298 e. The van der Waals surface area contributed by atoms with Gasteiger partial charge in [0.2, 0.25) is 0 Å². The first-order valence-electron chi connectivity index (χ1n) is 7.93. The van der Waals surface area contributed by atoms with Crippen molar-refractivity contribution in [1.29, 1.82) is 0 Å². The van der Waals surface area contributed by atoms with E-state index in [2.05, 4.69) is 14.8 Å². The number of fused-ring (bicyclic) bond motifs is 1. The third kappa shape index (κ3) is 2.64. The average molecular weight is 327 g/mol. The van der Waals surface area contributed by atoms with E-state index in [0.717, 1.165) is 43.0 Å². The van der Waals surface area contributed by atoms with Gasteiger partial charge in [-0.3, -0.25) is 0 Å². The van der Waals surface area contributed by atoms with Crippen LogP contribution in [0.3, 0.4) is 0 Å². The second-order valence-electron chi connectivity index (χ2n) is 5.75. The van der Waals surface area contributed by atoms with Gasteiger partial charge in [-0.15, -0.1) is 0 Å². The number of nitrogens with zero attached hydrogens (tertiary/aromatic N) is 3. The van der Waals surface area contributed by atoms with Gasteiger partial charge in [-0.2, -0.15) is 4.98 Å². The number of rotatable bonds is 3. The first kappa shape index (κ1) is 14.8. The molecule has 0 amide bonds. The van der Waals surface area contributed by atoms with Gasteiger partial charge >= 0.3 is 0 Å². The second-order valence-corrected chi connectivity index (χ2v) is 5.75. The monoisotopic (exact) mass is 327 g/mol. The van der Waals surface area contributed by atoms with Crippen molar-refractivity contribution < 1.29 is 13.5 Å². The standard InChI is InChI=1S/C18H18FN3O2/c1-23-17-12-13(19)6-7-15(17)21-8-10-22(11-9-21)18-20-14-4-2-3-5-16(14)24-18/h2-7,12H,8-11H2,1H3. The lowest BCUT2D eigenvalue weighted by Crippen LogP contribution is -2.46. The maximum atomic E-state index is 13.4. The van der Waals surface area contributed by atoms with Crippen molar-refractivity contribution in [3.63, 3.8) is 0 Å². The molecular weight excluding hydrogens is 309 g/mol. The number of hydrogen-bond donors (Lipinski definition) is 0. The minimum absolute atomic E-state index is 0.291. The highest BCUT2D eigenvalue weighted by Crippen LogP contribution is 2.30. The summed E-state index contributed by atoms with van der Waals surface area (Å²) in [6.07, 6.45) is 0. The zero-order chi connectivity index (χ0) is 16.5. The number of anilines is 2. The highest BCUT2D eigenvalue weighted by Gasteiger charge is 2.23. The number of aromatic nitrogens is 1. The molecule has 2 aromatic carbocycles. The van der Waals surface area contributed by atoms with Crippen LogP contribution in [0.15, 0.2) is 46.9 Å². The molecule has 1 aliphatic rings. The van der Waals surface area contributed by atoms with E-state index in [1.54, 1.807) is 13.2 Å². The molecule has 1 saturated heterocycles. The molecule has 0 unspecified atom stereocenters. The highest BCUT2D eigenvalue weighted by molar-refractivity contribution is 5.74. The van der Waals surface area contributed by atoms with E-state index in [1.807, 2.05) is 24.3 Å². The molecule has 2 heterocycles. The fourth-order valence-electron chi connectivity index (χ4n) is 3.05. The van der Waals surface area contributed by atoms with Crippen LogP contribution < -0.4 is 14.5 Å². The summed E-state index contributed by atoms with van der Waals surface area (Å²) in [5.41, 5.74) is 2.58. The third-order valence-corrected chi connectivity index (χ3v) is 4.32. The molecular formula is C18H18FN3O2. The van der Waals surface area contributed by atoms with E-state index in [1.165, 1.54) is 12.1 Å². The molecule has 1 aliphatic heterocycles. The molecule has 124 valence electrons. The van der Waals surface area contributed by atoms with Crippen LogP contribution in [-0.4, -0.2) is 38.3 Å². The van der Waals surface area contributed by atoms with Crippen LogP contribution in [0, 0.1) is 5.82 Å². The lowest BCUT2D eigenvalue weighted by atomic mass is 10.2. The Morgan fingerprint density at radius 2 is 1.79 bits per heavy atom. The Balaban J connectivity index is 1.50. The van der Waals surface area contributed by atoms with Crippen molar-refractivity contribution in [2.75, 3.05) is 43.1 Å². The van der Waals surface area contributed by atoms with Crippen LogP contribution in [0.25, 0.3) is 11.1 Å². The fraction of sp³-hybridized carbons (Fsp3) is 0.278. The van der Waals surface area contributed by atoms with E-state index < -0.39 is 0 Å². The minimum Gasteiger partial charge on any atom is -0.494 e. The first-order chi connectivity index (χ1) is 11.7. The normalized spacial score (nSPS) is 15.1. The molecule has 0 bridgehead atoms. The second kappa shape index (κ2) is 6.03. The zero-order valence-electron chi connectivity index (χ0n) is 13.4. The maximum Gasteiger partial charge on any atom is 0.298 e. The van der Waals surface area contributed by atoms with Crippen LogP contribution in [-0.2, 0) is 0 Å². The zero-order valence-corrected chi connectivity index (χ0v) is 13.4. The SMILES string of the molecule is COc1cc(F)ccc1N1CCN(c2nc3ccccc3o2)CC1. The Hall–Kier alpha value is -2.76. The number of para-hydroxylation sites is 2. The molecule has 6 heteroatoms. The topological polar surface area (TPSA) is 41.7 Å². The van der Waals surface area contributed by atoms with Gasteiger partial charge in [0.25, 0.3) is 6.01 Å². The van der Waals surface area contributed by atoms with E-state index in [9.17, 15) is 4.39 Å². The molecule has 0 spiro atoms. The number of hydrogen-bond acceptors (Lipinski definition) is 5. The van der Waals surface area contributed by atoms with Crippen LogP contribution in [0.5, 0.6) is 5.75 Å². The number of ether oxygens (including phenoxy) is 1. The highest BCUT2D eigenvalue weighted by atomic mass is 19.1. The summed E-state index contributed by atoms with van der Waals surface area (Å²) in [6.45, 7) is 3.15. The Bertz CT molecular complexity index is 823. The number of halogens is 1. The Kier molecular flexibility index (Phi) is 3.72. The lowest BCUT2D eigenvalue weighted by molar-refractivity contribution is 0.410. The first-order valence-corrected chi connectivity index (χ1v) is 7.93. The van der Waals surface area contributed by atoms with Crippen molar-refractivity contribution in [3.8, 4) is 5.75 Å². The number of piperazine rings is 1. The molecule has 1 fully saturated rings. The fourth-order valence-corrected chi connectivity index (χ4v) is 3.05. The Morgan fingerprint density at radius 3 is 2.54 bits per heavy atom. The molecule has 0 N–H and O–H groups in total. The summed E-state index contributed by atoms with van der Waals surface area (Å²) in [5.74, 6) is 0.269. The van der Waals surface area contributed by atoms with Crippen molar-refractivity contribution in [3.05, 3.63) is 48.3 Å². The summed E-state index contributed by atoms with van der Waals surface area (Å²) in [5, 5.41) is 0. The molecule has 1 aromatic heterocycles. The van der Waals surface area contributed by atoms with Crippen molar-refractivity contribution in [2.45, 2.75) is 0 Å². The van der Waals surface area contributed by atoms with Gasteiger partial charge in [-0.25, -0.2) is 4.39 Å². The largest absolute Gasteiger partial charge is 0.494 e. The van der Waals surface area contributed by atoms with Crippen molar-refractivity contribution in [1.82, 2.24) is 4.98 Å². The van der Waals surface area contributed by atoms with E-state index in [-0.39, 0.29) is 5.82 Å². The predicted octanol–water partition coefficient (Wildman–Crippen LogP) is 3.30. The molecule has 4 rings (SSSR count). The van der Waals surface area contributed by atoms with Crippen molar-refractivity contribution >= 4 is 22.8 Å². The molecule has 3 aromatic rings. The quantitative estimate of drug-likeness (QED) is 0.738. The van der Waals surface area contributed by atoms with Gasteiger partial charge in [0.1, 0.15) is 17.1 Å². The summed E-state index contributed by atoms with van der Waals surface area (Å²) < 4.78 is 24.5. The molecule has 0 atom stereocenters. The summed E-state index contributed by atoms with van der Waals surface area (Å²) in [7, 11) is 1.56. The molecule has 0 saturated carbocycles. The predicted molar refractivity (Wildman–Crippen MR) is 91.4 cm³/mol. The van der Waals surface area contributed by atoms with Gasteiger partial charge in [0.05, 0.1) is 12.8 Å². The maximum absolute atomic E-state index is 13.4. The summed E-state index contributed by atoms with van der Waals surface area (Å²) >= 11 is 0. The van der Waals surface area contributed by atoms with Crippen LogP contribution >= 0.6 is 0 Å². The van der Waals surface area contributed by atoms with E-state index in [4.69, 9.17) is 9.15 Å². The van der Waals surface area contributed by atoms with Crippen LogP contribution in [0.2, 0.25) is 0 Å². The third-order valence-electron chi connectivity index (χ3n) is 4.32. The van der Waals surface area contributed by atoms with Crippen LogP contribution in [0.4, 0.5) is 16.1 Å². The number of benzene rings is 2. The molecule has 0 radical (unpaired) electrons. The van der Waals surface area contributed by atoms with Gasteiger partial charge in [-0.1, -0.05) is 12.1 Å². The molecule has 0 aliphatic carbocycles. The summed E-state index contributed by atoms with van der Waals surface area (Å²) in [6, 6.07) is 13.1. The molecule has 5 nitrogen and oxygen atoms in total. The Labute approximate surface area is 139 Å². The summed E-state index contributed by atoms with van der Waals surface area (Å²) in [4.78, 5) is 8.87. The van der Waals surface area contributed by atoms with Gasteiger partial charge in [-0.05, 0) is 24.3 Å². The van der Waals surface area contributed by atoms with Crippen molar-refractivity contribution in [2.24, 2.45) is 0 Å².